The number of hydrogen-bond donors (Lipinski definition) is 2. The molecule has 0 saturated carbocycles. The van der Waals surface area contributed by atoms with Crippen molar-refractivity contribution in [2.24, 2.45) is 0 Å². The number of benzene rings is 2. The van der Waals surface area contributed by atoms with Crippen molar-refractivity contribution in [2.75, 3.05) is 10.6 Å². The third-order valence-electron chi connectivity index (χ3n) is 2.92. The predicted octanol–water partition coefficient (Wildman–Crippen LogP) is 3.02. The fourth-order valence-electron chi connectivity index (χ4n) is 1.89. The normalized spacial score (nSPS) is 10.0. The number of carbonyl (C=O) groups is 2. The lowest BCUT2D eigenvalue weighted by Gasteiger charge is -2.09. The maximum Gasteiger partial charge on any atom is 0.314 e. The molecular formula is C16H15FN2O2. The summed E-state index contributed by atoms with van der Waals surface area (Å²) in [7, 11) is 0. The van der Waals surface area contributed by atoms with Crippen molar-refractivity contribution in [3.8, 4) is 0 Å². The average Bonchev–Trinajstić information content (AvgIpc) is 2.41. The van der Waals surface area contributed by atoms with E-state index in [-0.39, 0.29) is 5.69 Å². The molecule has 21 heavy (non-hydrogen) atoms. The first-order valence-electron chi connectivity index (χ1n) is 6.41. The van der Waals surface area contributed by atoms with Crippen LogP contribution in [0.5, 0.6) is 0 Å². The molecule has 0 aliphatic heterocycles. The Morgan fingerprint density at radius 3 is 2.33 bits per heavy atom. The molecule has 0 fully saturated rings. The van der Waals surface area contributed by atoms with E-state index in [0.29, 0.717) is 5.69 Å². The molecule has 0 atom stereocenters. The summed E-state index contributed by atoms with van der Waals surface area (Å²) in [4.78, 5) is 23.6. The van der Waals surface area contributed by atoms with E-state index in [1.807, 2.05) is 26.0 Å². The molecule has 0 saturated heterocycles. The third kappa shape index (κ3) is 3.89. The molecule has 0 unspecified atom stereocenters. The number of anilines is 2. The molecule has 0 spiro atoms. The topological polar surface area (TPSA) is 58.2 Å². The van der Waals surface area contributed by atoms with Gasteiger partial charge in [-0.15, -0.1) is 0 Å². The molecule has 0 heterocycles. The van der Waals surface area contributed by atoms with Crippen molar-refractivity contribution < 1.29 is 14.0 Å². The van der Waals surface area contributed by atoms with Gasteiger partial charge in [0.15, 0.2) is 0 Å². The van der Waals surface area contributed by atoms with E-state index in [2.05, 4.69) is 10.6 Å². The van der Waals surface area contributed by atoms with Gasteiger partial charge >= 0.3 is 11.8 Å². The fraction of sp³-hybridized carbons (Fsp3) is 0.125. The van der Waals surface area contributed by atoms with Gasteiger partial charge in [-0.1, -0.05) is 23.8 Å². The Bertz CT molecular complexity index is 698. The SMILES string of the molecule is Cc1ccc(NC(=O)C(=O)Nc2cccc(F)c2)c(C)c1. The summed E-state index contributed by atoms with van der Waals surface area (Å²) in [6, 6.07) is 10.8. The predicted molar refractivity (Wildman–Crippen MR) is 79.6 cm³/mol. The van der Waals surface area contributed by atoms with E-state index >= 15 is 0 Å². The van der Waals surface area contributed by atoms with Gasteiger partial charge in [0.2, 0.25) is 0 Å². The van der Waals surface area contributed by atoms with E-state index in [1.165, 1.54) is 18.2 Å². The molecule has 0 aliphatic rings. The Hall–Kier alpha value is -2.69. The number of halogens is 1. The number of hydrogen-bond acceptors (Lipinski definition) is 2. The fourth-order valence-corrected chi connectivity index (χ4v) is 1.89. The summed E-state index contributed by atoms with van der Waals surface area (Å²) in [5.41, 5.74) is 2.73. The van der Waals surface area contributed by atoms with Crippen LogP contribution < -0.4 is 10.6 Å². The standard InChI is InChI=1S/C16H15FN2O2/c1-10-6-7-14(11(2)8-10)19-16(21)15(20)18-13-5-3-4-12(17)9-13/h3-9H,1-2H3,(H,18,20)(H,19,21). The van der Waals surface area contributed by atoms with Gasteiger partial charge in [-0.3, -0.25) is 9.59 Å². The van der Waals surface area contributed by atoms with Crippen LogP contribution in [0.25, 0.3) is 0 Å². The van der Waals surface area contributed by atoms with Gasteiger partial charge in [0, 0.05) is 11.4 Å². The van der Waals surface area contributed by atoms with Gasteiger partial charge in [-0.25, -0.2) is 4.39 Å². The van der Waals surface area contributed by atoms with E-state index in [0.717, 1.165) is 17.2 Å². The van der Waals surface area contributed by atoms with Crippen LogP contribution in [0.1, 0.15) is 11.1 Å². The van der Waals surface area contributed by atoms with E-state index in [4.69, 9.17) is 0 Å². The van der Waals surface area contributed by atoms with Crippen molar-refractivity contribution in [1.29, 1.82) is 0 Å². The zero-order valence-electron chi connectivity index (χ0n) is 11.7. The Morgan fingerprint density at radius 2 is 1.67 bits per heavy atom. The van der Waals surface area contributed by atoms with Crippen LogP contribution in [0, 0.1) is 19.7 Å². The van der Waals surface area contributed by atoms with E-state index < -0.39 is 17.6 Å². The molecular weight excluding hydrogens is 271 g/mol. The summed E-state index contributed by atoms with van der Waals surface area (Å²) < 4.78 is 13.0. The number of rotatable bonds is 2. The Labute approximate surface area is 122 Å². The van der Waals surface area contributed by atoms with Gasteiger partial charge in [0.25, 0.3) is 0 Å². The molecule has 0 aliphatic carbocycles. The lowest BCUT2D eigenvalue weighted by Crippen LogP contribution is -2.29. The summed E-state index contributed by atoms with van der Waals surface area (Å²) >= 11 is 0. The summed E-state index contributed by atoms with van der Waals surface area (Å²) in [6.07, 6.45) is 0. The highest BCUT2D eigenvalue weighted by Gasteiger charge is 2.15. The van der Waals surface area contributed by atoms with Crippen molar-refractivity contribution in [2.45, 2.75) is 13.8 Å². The first-order valence-corrected chi connectivity index (χ1v) is 6.41. The second-order valence-electron chi connectivity index (χ2n) is 4.74. The Kier molecular flexibility index (Phi) is 4.33. The molecule has 0 bridgehead atoms. The smallest absolute Gasteiger partial charge is 0.314 e. The summed E-state index contributed by atoms with van der Waals surface area (Å²) in [5, 5.41) is 4.87. The maximum atomic E-state index is 13.0. The van der Waals surface area contributed by atoms with E-state index in [9.17, 15) is 14.0 Å². The van der Waals surface area contributed by atoms with Crippen LogP contribution in [0.2, 0.25) is 0 Å². The summed E-state index contributed by atoms with van der Waals surface area (Å²) in [5.74, 6) is -2.13. The van der Waals surface area contributed by atoms with Crippen LogP contribution in [-0.4, -0.2) is 11.8 Å². The van der Waals surface area contributed by atoms with Gasteiger partial charge in [0.1, 0.15) is 5.82 Å². The molecule has 2 aromatic carbocycles. The lowest BCUT2D eigenvalue weighted by atomic mass is 10.1. The molecule has 4 nitrogen and oxygen atoms in total. The van der Waals surface area contributed by atoms with Gasteiger partial charge < -0.3 is 10.6 Å². The van der Waals surface area contributed by atoms with Crippen LogP contribution in [0.4, 0.5) is 15.8 Å². The molecule has 0 aromatic heterocycles. The second-order valence-corrected chi connectivity index (χ2v) is 4.74. The third-order valence-corrected chi connectivity index (χ3v) is 2.92. The highest BCUT2D eigenvalue weighted by molar-refractivity contribution is 6.43. The van der Waals surface area contributed by atoms with Crippen LogP contribution in [-0.2, 0) is 9.59 Å². The maximum absolute atomic E-state index is 13.0. The highest BCUT2D eigenvalue weighted by atomic mass is 19.1. The van der Waals surface area contributed by atoms with Crippen LogP contribution in [0.3, 0.4) is 0 Å². The number of aryl methyl sites for hydroxylation is 2. The molecule has 2 aromatic rings. The number of nitrogens with one attached hydrogen (secondary N) is 2. The van der Waals surface area contributed by atoms with Crippen LogP contribution in [0.15, 0.2) is 42.5 Å². The number of amides is 2. The average molecular weight is 286 g/mol. The molecule has 108 valence electrons. The molecule has 2 amide bonds. The van der Waals surface area contributed by atoms with Crippen molar-refractivity contribution in [3.63, 3.8) is 0 Å². The number of carbonyl (C=O) groups excluding carboxylic acids is 2. The lowest BCUT2D eigenvalue weighted by molar-refractivity contribution is -0.133. The molecule has 5 heteroatoms. The molecule has 2 N–H and O–H groups in total. The minimum Gasteiger partial charge on any atom is -0.318 e. The van der Waals surface area contributed by atoms with Gasteiger partial charge in [0.05, 0.1) is 0 Å². The largest absolute Gasteiger partial charge is 0.318 e. The molecule has 2 rings (SSSR count). The van der Waals surface area contributed by atoms with Crippen LogP contribution >= 0.6 is 0 Å². The van der Waals surface area contributed by atoms with Crippen molar-refractivity contribution in [1.82, 2.24) is 0 Å². The van der Waals surface area contributed by atoms with Crippen molar-refractivity contribution >= 4 is 23.2 Å². The second kappa shape index (κ2) is 6.17. The summed E-state index contributed by atoms with van der Waals surface area (Å²) in [6.45, 7) is 3.78. The van der Waals surface area contributed by atoms with E-state index in [1.54, 1.807) is 6.07 Å². The zero-order valence-corrected chi connectivity index (χ0v) is 11.7. The quantitative estimate of drug-likeness (QED) is 0.834. The van der Waals surface area contributed by atoms with Gasteiger partial charge in [-0.2, -0.15) is 0 Å². The zero-order chi connectivity index (χ0) is 15.4. The van der Waals surface area contributed by atoms with Gasteiger partial charge in [-0.05, 0) is 43.7 Å². The minimum absolute atomic E-state index is 0.232. The van der Waals surface area contributed by atoms with Crippen molar-refractivity contribution in [3.05, 3.63) is 59.4 Å². The first-order chi connectivity index (χ1) is 9.95. The first kappa shape index (κ1) is 14.7. The minimum atomic E-state index is -0.847. The Morgan fingerprint density at radius 1 is 0.952 bits per heavy atom. The molecule has 0 radical (unpaired) electrons. The Balaban J connectivity index is 2.04. The monoisotopic (exact) mass is 286 g/mol. The highest BCUT2D eigenvalue weighted by Crippen LogP contribution is 2.16.